The molecule has 154 valence electrons. The highest BCUT2D eigenvalue weighted by atomic mass is 16.5. The Kier molecular flexibility index (Phi) is 4.57. The van der Waals surface area contributed by atoms with E-state index >= 15 is 0 Å². The topological polar surface area (TPSA) is 68.5 Å². The summed E-state index contributed by atoms with van der Waals surface area (Å²) in [5.41, 5.74) is 2.36. The molecule has 1 aromatic heterocycles. The van der Waals surface area contributed by atoms with Gasteiger partial charge >= 0.3 is 0 Å². The van der Waals surface area contributed by atoms with Crippen LogP contribution in [-0.4, -0.2) is 41.1 Å². The third-order valence-corrected chi connectivity index (χ3v) is 6.71. The highest BCUT2D eigenvalue weighted by molar-refractivity contribution is 5.96. The van der Waals surface area contributed by atoms with E-state index in [1.165, 1.54) is 0 Å². The maximum absolute atomic E-state index is 13.3. The Labute approximate surface area is 175 Å². The fourth-order valence-electron chi connectivity index (χ4n) is 5.11. The van der Waals surface area contributed by atoms with Crippen molar-refractivity contribution in [3.05, 3.63) is 65.5 Å². The zero-order valence-electron chi connectivity index (χ0n) is 17.3. The van der Waals surface area contributed by atoms with Crippen molar-refractivity contribution in [3.63, 3.8) is 0 Å². The van der Waals surface area contributed by atoms with E-state index in [0.717, 1.165) is 54.1 Å². The van der Waals surface area contributed by atoms with Gasteiger partial charge in [-0.1, -0.05) is 29.8 Å². The number of nitrogens with zero attached hydrogens (tertiary/aromatic N) is 3. The van der Waals surface area contributed by atoms with Crippen molar-refractivity contribution in [2.24, 2.45) is 5.92 Å². The molecule has 0 radical (unpaired) electrons. The van der Waals surface area contributed by atoms with Crippen LogP contribution in [0.25, 0.3) is 11.5 Å². The number of aryl methyl sites for hydroxylation is 1. The van der Waals surface area contributed by atoms with E-state index < -0.39 is 0 Å². The number of rotatable bonds is 4. The summed E-state index contributed by atoms with van der Waals surface area (Å²) in [7, 11) is 1.64. The largest absolute Gasteiger partial charge is 0.497 e. The van der Waals surface area contributed by atoms with Gasteiger partial charge in [-0.3, -0.25) is 4.79 Å². The van der Waals surface area contributed by atoms with Gasteiger partial charge in [-0.2, -0.15) is 4.98 Å². The van der Waals surface area contributed by atoms with Gasteiger partial charge < -0.3 is 14.2 Å². The molecule has 2 aliphatic rings. The fraction of sp³-hybridized carbons (Fsp3) is 0.375. The standard InChI is InChI=1S/C24H25N3O3/c1-16-13-19(29-2)10-11-20(16)22(28)27-14-18-9-6-12-24(18,15-27)23-25-21(30-26-23)17-7-4-3-5-8-17/h3-5,7-8,10-11,13,18H,6,9,12,14-15H2,1-2H3/t18-,24-/m1/s1. The lowest BCUT2D eigenvalue weighted by Crippen LogP contribution is -2.35. The smallest absolute Gasteiger partial charge is 0.257 e. The number of carbonyl (C=O) groups is 1. The lowest BCUT2D eigenvalue weighted by Gasteiger charge is -2.25. The van der Waals surface area contributed by atoms with Crippen molar-refractivity contribution >= 4 is 5.91 Å². The Morgan fingerprint density at radius 1 is 1.23 bits per heavy atom. The van der Waals surface area contributed by atoms with Crippen LogP contribution in [0.4, 0.5) is 0 Å². The molecule has 2 heterocycles. The van der Waals surface area contributed by atoms with Crippen LogP contribution in [0.3, 0.4) is 0 Å². The first kappa shape index (κ1) is 18.9. The van der Waals surface area contributed by atoms with Crippen LogP contribution in [0.15, 0.2) is 53.1 Å². The van der Waals surface area contributed by atoms with E-state index in [0.29, 0.717) is 18.4 Å². The minimum atomic E-state index is -0.216. The van der Waals surface area contributed by atoms with Gasteiger partial charge in [0.15, 0.2) is 5.82 Å². The average molecular weight is 403 g/mol. The molecule has 5 rings (SSSR count). The Morgan fingerprint density at radius 2 is 2.07 bits per heavy atom. The average Bonchev–Trinajstić information content (AvgIpc) is 3.48. The van der Waals surface area contributed by atoms with Gasteiger partial charge in [0, 0.05) is 24.2 Å². The van der Waals surface area contributed by atoms with Gasteiger partial charge in [-0.25, -0.2) is 0 Å². The van der Waals surface area contributed by atoms with Gasteiger partial charge in [0.1, 0.15) is 5.75 Å². The third kappa shape index (κ3) is 2.98. The number of amides is 1. The molecule has 30 heavy (non-hydrogen) atoms. The summed E-state index contributed by atoms with van der Waals surface area (Å²) in [5, 5.41) is 4.37. The van der Waals surface area contributed by atoms with Crippen LogP contribution in [0.1, 0.15) is 41.0 Å². The van der Waals surface area contributed by atoms with Crippen LogP contribution >= 0.6 is 0 Å². The number of carbonyl (C=O) groups excluding carboxylic acids is 1. The van der Waals surface area contributed by atoms with Gasteiger partial charge in [0.2, 0.25) is 0 Å². The Balaban J connectivity index is 1.43. The molecule has 3 aromatic rings. The lowest BCUT2D eigenvalue weighted by molar-refractivity contribution is 0.0776. The zero-order valence-corrected chi connectivity index (χ0v) is 17.3. The molecule has 0 spiro atoms. The normalized spacial score (nSPS) is 22.9. The molecule has 2 atom stereocenters. The van der Waals surface area contributed by atoms with E-state index in [1.807, 2.05) is 60.4 Å². The van der Waals surface area contributed by atoms with E-state index in [1.54, 1.807) is 7.11 Å². The Bertz CT molecular complexity index is 1080. The summed E-state index contributed by atoms with van der Waals surface area (Å²) in [6.07, 6.45) is 3.20. The zero-order chi connectivity index (χ0) is 20.7. The van der Waals surface area contributed by atoms with Gasteiger partial charge in [0.25, 0.3) is 11.8 Å². The van der Waals surface area contributed by atoms with E-state index in [-0.39, 0.29) is 11.3 Å². The van der Waals surface area contributed by atoms with Crippen molar-refractivity contribution in [3.8, 4) is 17.2 Å². The highest BCUT2D eigenvalue weighted by Crippen LogP contribution is 2.50. The molecular formula is C24H25N3O3. The summed E-state index contributed by atoms with van der Waals surface area (Å²) in [5.74, 6) is 2.47. The first-order valence-corrected chi connectivity index (χ1v) is 10.4. The predicted molar refractivity (Wildman–Crippen MR) is 112 cm³/mol. The molecule has 1 aliphatic heterocycles. The maximum atomic E-state index is 13.3. The first-order chi connectivity index (χ1) is 14.6. The number of aromatic nitrogens is 2. The van der Waals surface area contributed by atoms with Crippen LogP contribution in [-0.2, 0) is 5.41 Å². The predicted octanol–water partition coefficient (Wildman–Crippen LogP) is 4.25. The number of ether oxygens (including phenoxy) is 1. The van der Waals surface area contributed by atoms with E-state index in [2.05, 4.69) is 5.16 Å². The third-order valence-electron chi connectivity index (χ3n) is 6.71. The molecule has 6 nitrogen and oxygen atoms in total. The second-order valence-electron chi connectivity index (χ2n) is 8.40. The second-order valence-corrected chi connectivity index (χ2v) is 8.40. The molecule has 1 saturated carbocycles. The summed E-state index contributed by atoms with van der Waals surface area (Å²) in [6.45, 7) is 3.32. The minimum absolute atomic E-state index is 0.0655. The quantitative estimate of drug-likeness (QED) is 0.651. The second kappa shape index (κ2) is 7.27. The van der Waals surface area contributed by atoms with Gasteiger partial charge in [0.05, 0.1) is 12.5 Å². The molecule has 0 unspecified atom stereocenters. The molecular weight excluding hydrogens is 378 g/mol. The summed E-state index contributed by atoms with van der Waals surface area (Å²) in [6, 6.07) is 15.4. The van der Waals surface area contributed by atoms with Crippen molar-refractivity contribution < 1.29 is 14.1 Å². The SMILES string of the molecule is COc1ccc(C(=O)N2C[C@H]3CCC[C@@]3(c3noc(-c4ccccc4)n3)C2)c(C)c1. The van der Waals surface area contributed by atoms with Crippen molar-refractivity contribution in [2.45, 2.75) is 31.6 Å². The molecule has 0 N–H and O–H groups in total. The molecule has 2 fully saturated rings. The van der Waals surface area contributed by atoms with Gasteiger partial charge in [-0.15, -0.1) is 0 Å². The molecule has 6 heteroatoms. The number of likely N-dealkylation sites (tertiary alicyclic amines) is 1. The van der Waals surface area contributed by atoms with Crippen LogP contribution in [0, 0.1) is 12.8 Å². The minimum Gasteiger partial charge on any atom is -0.497 e. The molecule has 0 bridgehead atoms. The van der Waals surface area contributed by atoms with E-state index in [9.17, 15) is 4.79 Å². The Morgan fingerprint density at radius 3 is 2.83 bits per heavy atom. The van der Waals surface area contributed by atoms with Crippen molar-refractivity contribution in [2.75, 3.05) is 20.2 Å². The molecule has 1 aliphatic carbocycles. The number of fused-ring (bicyclic) bond motifs is 1. The highest BCUT2D eigenvalue weighted by Gasteiger charge is 2.54. The van der Waals surface area contributed by atoms with Crippen LogP contribution in [0.2, 0.25) is 0 Å². The molecule has 1 amide bonds. The van der Waals surface area contributed by atoms with Crippen LogP contribution in [0.5, 0.6) is 5.75 Å². The molecule has 1 saturated heterocycles. The monoisotopic (exact) mass is 403 g/mol. The number of benzene rings is 2. The van der Waals surface area contributed by atoms with Crippen molar-refractivity contribution in [1.29, 1.82) is 0 Å². The summed E-state index contributed by atoms with van der Waals surface area (Å²) >= 11 is 0. The van der Waals surface area contributed by atoms with E-state index in [4.69, 9.17) is 14.2 Å². The number of hydrogen-bond donors (Lipinski definition) is 0. The summed E-state index contributed by atoms with van der Waals surface area (Å²) in [4.78, 5) is 20.1. The van der Waals surface area contributed by atoms with Crippen LogP contribution < -0.4 is 4.74 Å². The number of methoxy groups -OCH3 is 1. The van der Waals surface area contributed by atoms with Gasteiger partial charge in [-0.05, 0) is 61.6 Å². The number of hydrogen-bond acceptors (Lipinski definition) is 5. The first-order valence-electron chi connectivity index (χ1n) is 10.4. The van der Waals surface area contributed by atoms with Crippen molar-refractivity contribution in [1.82, 2.24) is 15.0 Å². The Hall–Kier alpha value is -3.15. The lowest BCUT2D eigenvalue weighted by atomic mass is 9.80. The molecule has 2 aromatic carbocycles. The summed E-state index contributed by atoms with van der Waals surface area (Å²) < 4.78 is 10.9. The fourth-order valence-corrected chi connectivity index (χ4v) is 5.11. The maximum Gasteiger partial charge on any atom is 0.257 e.